The highest BCUT2D eigenvalue weighted by Crippen LogP contribution is 2.41. The minimum absolute atomic E-state index is 0.000668. The lowest BCUT2D eigenvalue weighted by Crippen LogP contribution is -2.41. The largest absolute Gasteiger partial charge is 0.339 e. The summed E-state index contributed by atoms with van der Waals surface area (Å²) < 4.78 is 5.34. The van der Waals surface area contributed by atoms with Gasteiger partial charge < -0.3 is 10.3 Å². The molecule has 1 saturated carbocycles. The van der Waals surface area contributed by atoms with Crippen LogP contribution < -0.4 is 5.73 Å². The van der Waals surface area contributed by atoms with Crippen LogP contribution in [-0.2, 0) is 11.2 Å². The van der Waals surface area contributed by atoms with Crippen LogP contribution in [0.1, 0.15) is 44.3 Å². The zero-order valence-corrected chi connectivity index (χ0v) is 10.6. The van der Waals surface area contributed by atoms with Crippen molar-refractivity contribution in [3.8, 4) is 0 Å². The lowest BCUT2D eigenvalue weighted by atomic mass is 9.69. The fourth-order valence-corrected chi connectivity index (χ4v) is 2.68. The molecule has 1 aliphatic rings. The van der Waals surface area contributed by atoms with Crippen molar-refractivity contribution in [3.63, 3.8) is 0 Å². The van der Waals surface area contributed by atoms with E-state index in [1.807, 2.05) is 11.8 Å². The van der Waals surface area contributed by atoms with Gasteiger partial charge in [0.25, 0.3) is 0 Å². The van der Waals surface area contributed by atoms with Gasteiger partial charge in [-0.3, -0.25) is 0 Å². The van der Waals surface area contributed by atoms with Crippen LogP contribution in [0.4, 0.5) is 0 Å². The molecule has 5 heteroatoms. The van der Waals surface area contributed by atoms with Crippen LogP contribution in [0.2, 0.25) is 0 Å². The molecular weight excluding hydrogens is 222 g/mol. The van der Waals surface area contributed by atoms with E-state index in [0.29, 0.717) is 6.54 Å². The van der Waals surface area contributed by atoms with Gasteiger partial charge in [-0.05, 0) is 25.0 Å². The average molecular weight is 241 g/mol. The van der Waals surface area contributed by atoms with E-state index in [1.165, 1.54) is 12.8 Å². The van der Waals surface area contributed by atoms with E-state index in [-0.39, 0.29) is 5.41 Å². The van der Waals surface area contributed by atoms with E-state index in [0.717, 1.165) is 36.1 Å². The van der Waals surface area contributed by atoms with Crippen LogP contribution in [0, 0.1) is 0 Å². The molecule has 16 heavy (non-hydrogen) atoms. The van der Waals surface area contributed by atoms with E-state index < -0.39 is 0 Å². The predicted molar refractivity (Wildman–Crippen MR) is 65.3 cm³/mol. The Morgan fingerprint density at radius 3 is 2.88 bits per heavy atom. The molecule has 1 heterocycles. The molecule has 1 fully saturated rings. The second kappa shape index (κ2) is 5.19. The lowest BCUT2D eigenvalue weighted by molar-refractivity contribution is 0.181. The molecule has 1 aliphatic carbocycles. The maximum atomic E-state index is 5.80. The average Bonchev–Trinajstić information content (AvgIpc) is 2.67. The Labute approximate surface area is 100 Å². The summed E-state index contributed by atoms with van der Waals surface area (Å²) in [6.45, 7) is 2.79. The van der Waals surface area contributed by atoms with Crippen molar-refractivity contribution in [3.05, 3.63) is 11.7 Å². The van der Waals surface area contributed by atoms with E-state index in [1.54, 1.807) is 0 Å². The van der Waals surface area contributed by atoms with E-state index in [2.05, 4.69) is 17.1 Å². The van der Waals surface area contributed by atoms with Gasteiger partial charge in [-0.25, -0.2) is 0 Å². The molecule has 90 valence electrons. The van der Waals surface area contributed by atoms with Crippen LogP contribution in [0.15, 0.2) is 4.52 Å². The van der Waals surface area contributed by atoms with Gasteiger partial charge in [0, 0.05) is 6.54 Å². The van der Waals surface area contributed by atoms with Gasteiger partial charge in [0.05, 0.1) is 11.2 Å². The monoisotopic (exact) mass is 241 g/mol. The van der Waals surface area contributed by atoms with Crippen LogP contribution in [0.5, 0.6) is 0 Å². The molecule has 1 aromatic rings. The topological polar surface area (TPSA) is 64.9 Å². The summed E-state index contributed by atoms with van der Waals surface area (Å²) in [6.07, 6.45) is 4.59. The SMILES string of the molecule is CCCSCc1noc(C2(CN)CCC2)n1. The molecule has 2 rings (SSSR count). The quantitative estimate of drug-likeness (QED) is 0.773. The normalized spacial score (nSPS) is 18.4. The molecule has 0 radical (unpaired) electrons. The Balaban J connectivity index is 1.96. The van der Waals surface area contributed by atoms with Gasteiger partial charge in [0.1, 0.15) is 0 Å². The van der Waals surface area contributed by atoms with Crippen molar-refractivity contribution in [1.82, 2.24) is 10.1 Å². The molecule has 1 aromatic heterocycles. The summed E-state index contributed by atoms with van der Waals surface area (Å²) in [5.74, 6) is 3.56. The molecule has 0 aromatic carbocycles. The van der Waals surface area contributed by atoms with Crippen molar-refractivity contribution >= 4 is 11.8 Å². The number of hydrogen-bond donors (Lipinski definition) is 1. The summed E-state index contributed by atoms with van der Waals surface area (Å²) in [6, 6.07) is 0. The smallest absolute Gasteiger partial charge is 0.234 e. The summed E-state index contributed by atoms with van der Waals surface area (Å²) in [7, 11) is 0. The minimum atomic E-state index is 0.000668. The molecule has 0 spiro atoms. The molecule has 0 saturated heterocycles. The highest BCUT2D eigenvalue weighted by atomic mass is 32.2. The summed E-state index contributed by atoms with van der Waals surface area (Å²) in [5, 5.41) is 4.02. The van der Waals surface area contributed by atoms with Crippen molar-refractivity contribution in [2.45, 2.75) is 43.8 Å². The number of nitrogens with two attached hydrogens (primary N) is 1. The Morgan fingerprint density at radius 2 is 2.31 bits per heavy atom. The number of aromatic nitrogens is 2. The van der Waals surface area contributed by atoms with Gasteiger partial charge in [0.15, 0.2) is 5.82 Å². The van der Waals surface area contributed by atoms with Gasteiger partial charge in [0.2, 0.25) is 5.89 Å². The number of rotatable bonds is 6. The molecule has 0 aliphatic heterocycles. The van der Waals surface area contributed by atoms with Crippen molar-refractivity contribution in [2.24, 2.45) is 5.73 Å². The van der Waals surface area contributed by atoms with E-state index >= 15 is 0 Å². The second-order valence-electron chi connectivity index (χ2n) is 4.41. The Hall–Kier alpha value is -0.550. The maximum Gasteiger partial charge on any atom is 0.234 e. The van der Waals surface area contributed by atoms with Gasteiger partial charge in [-0.2, -0.15) is 16.7 Å². The van der Waals surface area contributed by atoms with Crippen LogP contribution in [-0.4, -0.2) is 22.4 Å². The lowest BCUT2D eigenvalue weighted by Gasteiger charge is -2.36. The van der Waals surface area contributed by atoms with Gasteiger partial charge in [-0.15, -0.1) is 0 Å². The first-order valence-corrected chi connectivity index (χ1v) is 7.07. The van der Waals surface area contributed by atoms with Crippen molar-refractivity contribution in [2.75, 3.05) is 12.3 Å². The highest BCUT2D eigenvalue weighted by Gasteiger charge is 2.42. The summed E-state index contributed by atoms with van der Waals surface area (Å²) in [5.41, 5.74) is 5.80. The highest BCUT2D eigenvalue weighted by molar-refractivity contribution is 7.98. The first-order valence-electron chi connectivity index (χ1n) is 5.91. The minimum Gasteiger partial charge on any atom is -0.339 e. The Morgan fingerprint density at radius 1 is 1.50 bits per heavy atom. The maximum absolute atomic E-state index is 5.80. The molecule has 0 unspecified atom stereocenters. The van der Waals surface area contributed by atoms with Gasteiger partial charge >= 0.3 is 0 Å². The van der Waals surface area contributed by atoms with Crippen LogP contribution >= 0.6 is 11.8 Å². The summed E-state index contributed by atoms with van der Waals surface area (Å²) >= 11 is 1.85. The number of thioether (sulfide) groups is 1. The molecule has 0 atom stereocenters. The first kappa shape index (κ1) is 11.9. The Bertz CT molecular complexity index is 330. The van der Waals surface area contributed by atoms with Crippen molar-refractivity contribution in [1.29, 1.82) is 0 Å². The van der Waals surface area contributed by atoms with Gasteiger partial charge in [-0.1, -0.05) is 18.5 Å². The van der Waals surface area contributed by atoms with E-state index in [9.17, 15) is 0 Å². The van der Waals surface area contributed by atoms with Crippen LogP contribution in [0.25, 0.3) is 0 Å². The Kier molecular flexibility index (Phi) is 3.86. The standard InChI is InChI=1S/C11H19N3OS/c1-2-6-16-7-9-13-10(15-14-9)11(8-12)4-3-5-11/h2-8,12H2,1H3. The third-order valence-corrected chi connectivity index (χ3v) is 4.36. The molecular formula is C11H19N3OS. The summed E-state index contributed by atoms with van der Waals surface area (Å²) in [4.78, 5) is 4.47. The third kappa shape index (κ3) is 2.25. The molecule has 0 amide bonds. The zero-order chi connectivity index (χ0) is 11.4. The second-order valence-corrected chi connectivity index (χ2v) is 5.51. The molecule has 4 nitrogen and oxygen atoms in total. The first-order chi connectivity index (χ1) is 7.80. The van der Waals surface area contributed by atoms with E-state index in [4.69, 9.17) is 10.3 Å². The predicted octanol–water partition coefficient (Wildman–Crippen LogP) is 2.09. The number of nitrogens with zero attached hydrogens (tertiary/aromatic N) is 2. The molecule has 0 bridgehead atoms. The van der Waals surface area contributed by atoms with Crippen LogP contribution in [0.3, 0.4) is 0 Å². The fourth-order valence-electron chi connectivity index (χ4n) is 1.94. The fraction of sp³-hybridized carbons (Fsp3) is 0.818. The number of hydrogen-bond acceptors (Lipinski definition) is 5. The third-order valence-electron chi connectivity index (χ3n) is 3.20. The zero-order valence-electron chi connectivity index (χ0n) is 9.74. The molecule has 2 N–H and O–H groups in total. The van der Waals surface area contributed by atoms with Crippen molar-refractivity contribution < 1.29 is 4.52 Å².